The third-order valence-electron chi connectivity index (χ3n) is 3.27. The normalized spacial score (nSPS) is 9.85. The number of carbonyl (C=O) groups excluding carboxylic acids is 2. The molecule has 0 aliphatic carbocycles. The highest BCUT2D eigenvalue weighted by atomic mass is 16.6. The third-order valence-corrected chi connectivity index (χ3v) is 3.27. The molecule has 2 aromatic carbocycles. The van der Waals surface area contributed by atoms with E-state index in [1.807, 2.05) is 0 Å². The highest BCUT2D eigenvalue weighted by molar-refractivity contribution is 5.70. The molecule has 0 fully saturated rings. The van der Waals surface area contributed by atoms with E-state index in [1.54, 1.807) is 48.5 Å². The minimum Gasteiger partial charge on any atom is -0.493 e. The Kier molecular flexibility index (Phi) is 7.77. The molecular weight excluding hydrogens is 352 g/mol. The maximum atomic E-state index is 11.2. The average molecular weight is 374 g/mol. The van der Waals surface area contributed by atoms with Gasteiger partial charge in [-0.2, -0.15) is 0 Å². The summed E-state index contributed by atoms with van der Waals surface area (Å²) in [5.74, 6) is 1.99. The van der Waals surface area contributed by atoms with E-state index < -0.39 is 12.2 Å². The maximum absolute atomic E-state index is 11.2. The Bertz CT molecular complexity index is 702. The number of amides is 2. The minimum absolute atomic E-state index is 0.399. The van der Waals surface area contributed by atoms with Crippen LogP contribution in [0.3, 0.4) is 0 Å². The molecule has 0 saturated carbocycles. The zero-order chi connectivity index (χ0) is 19.5. The van der Waals surface area contributed by atoms with Crippen LogP contribution in [0.4, 0.5) is 9.59 Å². The van der Waals surface area contributed by atoms with Crippen molar-refractivity contribution in [2.45, 2.75) is 6.42 Å². The summed E-state index contributed by atoms with van der Waals surface area (Å²) in [7, 11) is 2.98. The van der Waals surface area contributed by atoms with Gasteiger partial charge >= 0.3 is 12.2 Å². The fraction of sp³-hybridized carbons (Fsp3) is 0.263. The van der Waals surface area contributed by atoms with Gasteiger partial charge in [0, 0.05) is 32.6 Å². The van der Waals surface area contributed by atoms with Gasteiger partial charge in [-0.05, 0) is 24.3 Å². The number of hydrogen-bond acceptors (Lipinski definition) is 6. The van der Waals surface area contributed by atoms with Crippen LogP contribution in [0, 0.1) is 0 Å². The van der Waals surface area contributed by atoms with E-state index in [0.29, 0.717) is 42.6 Å². The standard InChI is InChI=1S/C19H22N2O6/c1-20-18(22)26-16-8-3-6-14(12-16)24-10-5-11-25-15-7-4-9-17(13-15)27-19(23)21-2/h3-4,6-9,12-13H,5,10-11H2,1-2H3,(H,20,22)(H,21,23). The number of carbonyl (C=O) groups is 2. The molecule has 0 unspecified atom stereocenters. The van der Waals surface area contributed by atoms with E-state index in [2.05, 4.69) is 10.6 Å². The molecule has 0 spiro atoms. The molecule has 0 heterocycles. The molecular formula is C19H22N2O6. The summed E-state index contributed by atoms with van der Waals surface area (Å²) in [4.78, 5) is 22.4. The Morgan fingerprint density at radius 1 is 0.741 bits per heavy atom. The summed E-state index contributed by atoms with van der Waals surface area (Å²) in [5.41, 5.74) is 0. The minimum atomic E-state index is -0.539. The topological polar surface area (TPSA) is 95.1 Å². The van der Waals surface area contributed by atoms with Crippen LogP contribution in [-0.2, 0) is 0 Å². The first-order valence-corrected chi connectivity index (χ1v) is 8.35. The number of rotatable bonds is 8. The smallest absolute Gasteiger partial charge is 0.412 e. The van der Waals surface area contributed by atoms with Crippen molar-refractivity contribution in [3.8, 4) is 23.0 Å². The Morgan fingerprint density at radius 2 is 1.15 bits per heavy atom. The van der Waals surface area contributed by atoms with Gasteiger partial charge in [-0.1, -0.05) is 12.1 Å². The van der Waals surface area contributed by atoms with Crippen molar-refractivity contribution in [1.29, 1.82) is 0 Å². The van der Waals surface area contributed by atoms with Crippen LogP contribution in [-0.4, -0.2) is 39.5 Å². The summed E-state index contributed by atoms with van der Waals surface area (Å²) in [6.07, 6.45) is -0.438. The van der Waals surface area contributed by atoms with Crippen LogP contribution in [0.5, 0.6) is 23.0 Å². The molecule has 0 aliphatic heterocycles. The Hall–Kier alpha value is -3.42. The first-order valence-electron chi connectivity index (χ1n) is 8.35. The maximum Gasteiger partial charge on any atom is 0.412 e. The molecule has 2 N–H and O–H groups in total. The first-order chi connectivity index (χ1) is 13.1. The van der Waals surface area contributed by atoms with Crippen molar-refractivity contribution in [3.05, 3.63) is 48.5 Å². The number of ether oxygens (including phenoxy) is 4. The number of nitrogens with one attached hydrogen (secondary N) is 2. The summed E-state index contributed by atoms with van der Waals surface area (Å²) in [5, 5.41) is 4.75. The van der Waals surface area contributed by atoms with Crippen LogP contribution in [0.15, 0.2) is 48.5 Å². The predicted molar refractivity (Wildman–Crippen MR) is 98.7 cm³/mol. The molecule has 0 aromatic heterocycles. The quantitative estimate of drug-likeness (QED) is 0.690. The molecule has 0 atom stereocenters. The second kappa shape index (κ2) is 10.5. The molecule has 0 radical (unpaired) electrons. The second-order valence-corrected chi connectivity index (χ2v) is 5.28. The lowest BCUT2D eigenvalue weighted by molar-refractivity contribution is 0.201. The van der Waals surface area contributed by atoms with Gasteiger partial charge in [0.25, 0.3) is 0 Å². The fourth-order valence-corrected chi connectivity index (χ4v) is 2.01. The van der Waals surface area contributed by atoms with Gasteiger partial charge in [-0.15, -0.1) is 0 Å². The Morgan fingerprint density at radius 3 is 1.56 bits per heavy atom. The molecule has 0 saturated heterocycles. The molecule has 2 amide bonds. The molecule has 0 aliphatic rings. The lowest BCUT2D eigenvalue weighted by Crippen LogP contribution is -2.22. The van der Waals surface area contributed by atoms with Gasteiger partial charge in [0.05, 0.1) is 13.2 Å². The second-order valence-electron chi connectivity index (χ2n) is 5.28. The zero-order valence-corrected chi connectivity index (χ0v) is 15.2. The number of hydrogen-bond donors (Lipinski definition) is 2. The molecule has 144 valence electrons. The molecule has 8 nitrogen and oxygen atoms in total. The molecule has 8 heteroatoms. The third kappa shape index (κ3) is 7.15. The lowest BCUT2D eigenvalue weighted by atomic mass is 10.3. The van der Waals surface area contributed by atoms with Gasteiger partial charge in [0.1, 0.15) is 23.0 Å². The summed E-state index contributed by atoms with van der Waals surface area (Å²) < 4.78 is 21.3. The predicted octanol–water partition coefficient (Wildman–Crippen LogP) is 2.97. The Balaban J connectivity index is 1.73. The van der Waals surface area contributed by atoms with Gasteiger partial charge in [-0.25, -0.2) is 9.59 Å². The van der Waals surface area contributed by atoms with Crippen LogP contribution >= 0.6 is 0 Å². The van der Waals surface area contributed by atoms with Crippen LogP contribution in [0.2, 0.25) is 0 Å². The average Bonchev–Trinajstić information content (AvgIpc) is 2.68. The zero-order valence-electron chi connectivity index (χ0n) is 15.2. The van der Waals surface area contributed by atoms with E-state index in [0.717, 1.165) is 0 Å². The van der Waals surface area contributed by atoms with E-state index in [4.69, 9.17) is 18.9 Å². The molecule has 0 bridgehead atoms. The van der Waals surface area contributed by atoms with Gasteiger partial charge in [-0.3, -0.25) is 0 Å². The van der Waals surface area contributed by atoms with Crippen molar-refractivity contribution in [2.24, 2.45) is 0 Å². The largest absolute Gasteiger partial charge is 0.493 e. The summed E-state index contributed by atoms with van der Waals surface area (Å²) >= 11 is 0. The van der Waals surface area contributed by atoms with Crippen LogP contribution < -0.4 is 29.6 Å². The van der Waals surface area contributed by atoms with Crippen LogP contribution in [0.25, 0.3) is 0 Å². The SMILES string of the molecule is CNC(=O)Oc1cccc(OCCCOc2cccc(OC(=O)NC)c2)c1. The molecule has 2 rings (SSSR count). The van der Waals surface area contributed by atoms with Gasteiger partial charge in [0.2, 0.25) is 0 Å². The molecule has 2 aromatic rings. The number of benzene rings is 2. The first kappa shape index (κ1) is 19.9. The van der Waals surface area contributed by atoms with E-state index in [-0.39, 0.29) is 0 Å². The van der Waals surface area contributed by atoms with Crippen molar-refractivity contribution >= 4 is 12.2 Å². The summed E-state index contributed by atoms with van der Waals surface area (Å²) in [6, 6.07) is 13.6. The van der Waals surface area contributed by atoms with Gasteiger partial charge in [0.15, 0.2) is 0 Å². The summed E-state index contributed by atoms with van der Waals surface area (Å²) in [6.45, 7) is 0.857. The van der Waals surface area contributed by atoms with E-state index in [1.165, 1.54) is 14.1 Å². The lowest BCUT2D eigenvalue weighted by Gasteiger charge is -2.10. The van der Waals surface area contributed by atoms with E-state index in [9.17, 15) is 9.59 Å². The Labute approximate surface area is 157 Å². The van der Waals surface area contributed by atoms with E-state index >= 15 is 0 Å². The van der Waals surface area contributed by atoms with Crippen molar-refractivity contribution in [1.82, 2.24) is 10.6 Å². The monoisotopic (exact) mass is 374 g/mol. The van der Waals surface area contributed by atoms with Crippen LogP contribution in [0.1, 0.15) is 6.42 Å². The van der Waals surface area contributed by atoms with Crippen molar-refractivity contribution in [2.75, 3.05) is 27.3 Å². The van der Waals surface area contributed by atoms with Crippen molar-refractivity contribution < 1.29 is 28.5 Å². The fourth-order valence-electron chi connectivity index (χ4n) is 2.01. The highest BCUT2D eigenvalue weighted by Crippen LogP contribution is 2.21. The van der Waals surface area contributed by atoms with Crippen molar-refractivity contribution in [3.63, 3.8) is 0 Å². The highest BCUT2D eigenvalue weighted by Gasteiger charge is 2.04. The molecule has 27 heavy (non-hydrogen) atoms. The van der Waals surface area contributed by atoms with Gasteiger partial charge < -0.3 is 29.6 Å².